The molecule has 0 bridgehead atoms. The largest absolute Gasteiger partial charge is 0.353 e. The second-order valence-corrected chi connectivity index (χ2v) is 6.74. The molecule has 1 aliphatic rings. The number of nitrogens with zero attached hydrogens (tertiary/aromatic N) is 8. The van der Waals surface area contributed by atoms with Gasteiger partial charge >= 0.3 is 0 Å². The number of pyridine rings is 2. The standard InChI is InChI=1S/C20H20N8/c1-15-21-8-9-28(15)18-6-2-5-17(25-18)26-10-12-27(13-11-26)20-16-4-3-7-22-19(16)23-14-24-20/h2-9,14H,10-13H2,1H3. The predicted octanol–water partition coefficient (Wildman–Crippen LogP) is 2.24. The van der Waals surface area contributed by atoms with Gasteiger partial charge in [-0.05, 0) is 31.2 Å². The van der Waals surface area contributed by atoms with Crippen LogP contribution in [0.4, 0.5) is 11.6 Å². The molecule has 0 amide bonds. The van der Waals surface area contributed by atoms with E-state index in [1.165, 1.54) is 0 Å². The van der Waals surface area contributed by atoms with Gasteiger partial charge in [0.05, 0.1) is 5.39 Å². The molecule has 0 N–H and O–H groups in total. The highest BCUT2D eigenvalue weighted by Gasteiger charge is 2.21. The number of imidazole rings is 1. The Bertz CT molecular complexity index is 1110. The van der Waals surface area contributed by atoms with Crippen LogP contribution in [0.3, 0.4) is 0 Å². The molecular formula is C20H20N8. The van der Waals surface area contributed by atoms with E-state index in [4.69, 9.17) is 4.98 Å². The molecule has 0 radical (unpaired) electrons. The molecule has 0 atom stereocenters. The molecule has 4 aromatic heterocycles. The minimum atomic E-state index is 0.736. The quantitative estimate of drug-likeness (QED) is 0.546. The van der Waals surface area contributed by atoms with Crippen LogP contribution in [0.1, 0.15) is 5.82 Å². The maximum absolute atomic E-state index is 4.84. The monoisotopic (exact) mass is 372 g/mol. The van der Waals surface area contributed by atoms with Crippen LogP contribution in [0.5, 0.6) is 0 Å². The van der Waals surface area contributed by atoms with E-state index in [1.807, 2.05) is 42.0 Å². The summed E-state index contributed by atoms with van der Waals surface area (Å²) in [6.07, 6.45) is 7.09. The zero-order valence-corrected chi connectivity index (χ0v) is 15.6. The van der Waals surface area contributed by atoms with Crippen LogP contribution < -0.4 is 9.80 Å². The fourth-order valence-corrected chi connectivity index (χ4v) is 3.62. The third kappa shape index (κ3) is 2.92. The molecule has 0 unspecified atom stereocenters. The first kappa shape index (κ1) is 16.6. The van der Waals surface area contributed by atoms with Crippen LogP contribution in [0, 0.1) is 6.92 Å². The van der Waals surface area contributed by atoms with Gasteiger partial charge in [0.2, 0.25) is 0 Å². The van der Waals surface area contributed by atoms with Crippen molar-refractivity contribution >= 4 is 22.7 Å². The molecule has 8 heteroatoms. The van der Waals surface area contributed by atoms with Gasteiger partial charge in [-0.3, -0.25) is 4.57 Å². The van der Waals surface area contributed by atoms with E-state index >= 15 is 0 Å². The number of hydrogen-bond donors (Lipinski definition) is 0. The lowest BCUT2D eigenvalue weighted by Crippen LogP contribution is -2.47. The zero-order chi connectivity index (χ0) is 18.9. The minimum absolute atomic E-state index is 0.736. The van der Waals surface area contributed by atoms with Gasteiger partial charge in [-0.15, -0.1) is 0 Å². The maximum atomic E-state index is 4.84. The van der Waals surface area contributed by atoms with Gasteiger partial charge in [0.1, 0.15) is 29.6 Å². The van der Waals surface area contributed by atoms with Crippen molar-refractivity contribution in [3.05, 3.63) is 61.1 Å². The minimum Gasteiger partial charge on any atom is -0.353 e. The number of anilines is 2. The SMILES string of the molecule is Cc1nccn1-c1cccc(N2CCN(c3ncnc4ncccc34)CC2)n1. The highest BCUT2D eigenvalue weighted by molar-refractivity contribution is 5.86. The maximum Gasteiger partial charge on any atom is 0.164 e. The summed E-state index contributed by atoms with van der Waals surface area (Å²) >= 11 is 0. The molecule has 1 saturated heterocycles. The van der Waals surface area contributed by atoms with Crippen molar-refractivity contribution in [1.29, 1.82) is 0 Å². The first-order valence-corrected chi connectivity index (χ1v) is 9.32. The lowest BCUT2D eigenvalue weighted by Gasteiger charge is -2.36. The molecule has 0 saturated carbocycles. The van der Waals surface area contributed by atoms with Gasteiger partial charge in [-0.25, -0.2) is 24.9 Å². The molecule has 0 aliphatic carbocycles. The highest BCUT2D eigenvalue weighted by atomic mass is 15.3. The summed E-state index contributed by atoms with van der Waals surface area (Å²) in [6, 6.07) is 10.1. The van der Waals surface area contributed by atoms with Crippen molar-refractivity contribution in [3.63, 3.8) is 0 Å². The summed E-state index contributed by atoms with van der Waals surface area (Å²) in [6.45, 7) is 5.48. The highest BCUT2D eigenvalue weighted by Crippen LogP contribution is 2.24. The summed E-state index contributed by atoms with van der Waals surface area (Å²) in [5, 5.41) is 0.995. The van der Waals surface area contributed by atoms with E-state index in [9.17, 15) is 0 Å². The molecular weight excluding hydrogens is 352 g/mol. The van der Waals surface area contributed by atoms with Gasteiger partial charge in [0.25, 0.3) is 0 Å². The summed E-state index contributed by atoms with van der Waals surface area (Å²) < 4.78 is 2.00. The number of rotatable bonds is 3. The number of hydrogen-bond acceptors (Lipinski definition) is 7. The van der Waals surface area contributed by atoms with Gasteiger partial charge < -0.3 is 9.80 Å². The van der Waals surface area contributed by atoms with E-state index in [0.717, 1.165) is 60.5 Å². The molecule has 5 rings (SSSR count). The van der Waals surface area contributed by atoms with E-state index in [2.05, 4.69) is 35.8 Å². The third-order valence-electron chi connectivity index (χ3n) is 5.08. The summed E-state index contributed by atoms with van der Waals surface area (Å²) in [5.74, 6) is 3.76. The van der Waals surface area contributed by atoms with Crippen molar-refractivity contribution in [3.8, 4) is 5.82 Å². The molecule has 5 heterocycles. The molecule has 0 aromatic carbocycles. The Labute approximate surface area is 162 Å². The van der Waals surface area contributed by atoms with Crippen molar-refractivity contribution < 1.29 is 0 Å². The molecule has 1 aliphatic heterocycles. The fourth-order valence-electron chi connectivity index (χ4n) is 3.62. The number of fused-ring (bicyclic) bond motifs is 1. The normalized spacial score (nSPS) is 14.6. The topological polar surface area (TPSA) is 75.9 Å². The van der Waals surface area contributed by atoms with Crippen molar-refractivity contribution in [2.75, 3.05) is 36.0 Å². The Morgan fingerprint density at radius 1 is 0.786 bits per heavy atom. The Morgan fingerprint density at radius 2 is 1.61 bits per heavy atom. The van der Waals surface area contributed by atoms with Crippen molar-refractivity contribution in [1.82, 2.24) is 29.5 Å². The van der Waals surface area contributed by atoms with E-state index < -0.39 is 0 Å². The van der Waals surface area contributed by atoms with Crippen LogP contribution in [0.25, 0.3) is 16.9 Å². The Kier molecular flexibility index (Phi) is 4.08. The van der Waals surface area contributed by atoms with Crippen molar-refractivity contribution in [2.45, 2.75) is 6.92 Å². The third-order valence-corrected chi connectivity index (χ3v) is 5.08. The van der Waals surface area contributed by atoms with Gasteiger partial charge in [-0.1, -0.05) is 6.07 Å². The fraction of sp³-hybridized carbons (Fsp3) is 0.250. The average molecular weight is 372 g/mol. The summed E-state index contributed by atoms with van der Waals surface area (Å²) in [5.41, 5.74) is 0.736. The smallest absolute Gasteiger partial charge is 0.164 e. The van der Waals surface area contributed by atoms with Crippen LogP contribution in [0.15, 0.2) is 55.2 Å². The second kappa shape index (κ2) is 6.88. The van der Waals surface area contributed by atoms with Crippen LogP contribution in [0.2, 0.25) is 0 Å². The predicted molar refractivity (Wildman–Crippen MR) is 108 cm³/mol. The molecule has 4 aromatic rings. The number of piperazine rings is 1. The molecule has 28 heavy (non-hydrogen) atoms. The summed E-state index contributed by atoms with van der Waals surface area (Å²) in [7, 11) is 0. The molecule has 8 nitrogen and oxygen atoms in total. The molecule has 0 spiro atoms. The zero-order valence-electron chi connectivity index (χ0n) is 15.6. The van der Waals surface area contributed by atoms with Gasteiger partial charge in [0.15, 0.2) is 5.65 Å². The van der Waals surface area contributed by atoms with Gasteiger partial charge in [-0.2, -0.15) is 0 Å². The average Bonchev–Trinajstić information content (AvgIpc) is 3.19. The molecule has 1 fully saturated rings. The Morgan fingerprint density at radius 3 is 2.43 bits per heavy atom. The van der Waals surface area contributed by atoms with E-state index in [-0.39, 0.29) is 0 Å². The number of aryl methyl sites for hydroxylation is 1. The first-order valence-electron chi connectivity index (χ1n) is 9.32. The first-order chi connectivity index (χ1) is 13.8. The van der Waals surface area contributed by atoms with Crippen molar-refractivity contribution in [2.24, 2.45) is 0 Å². The molecule has 140 valence electrons. The van der Waals surface area contributed by atoms with Crippen LogP contribution in [-0.2, 0) is 0 Å². The lowest BCUT2D eigenvalue weighted by atomic mass is 10.2. The summed E-state index contributed by atoms with van der Waals surface area (Å²) in [4.78, 5) is 26.9. The lowest BCUT2D eigenvalue weighted by molar-refractivity contribution is 0.642. The number of aromatic nitrogens is 6. The Balaban J connectivity index is 1.36. The van der Waals surface area contributed by atoms with Crippen LogP contribution >= 0.6 is 0 Å². The second-order valence-electron chi connectivity index (χ2n) is 6.74. The Hall–Kier alpha value is -3.55. The van der Waals surface area contributed by atoms with Gasteiger partial charge in [0, 0.05) is 44.8 Å². The van der Waals surface area contributed by atoms with E-state index in [1.54, 1.807) is 18.7 Å². The van der Waals surface area contributed by atoms with E-state index in [0.29, 0.717) is 0 Å². The van der Waals surface area contributed by atoms with Crippen LogP contribution in [-0.4, -0.2) is 55.7 Å².